The number of nitrogens with zero attached hydrogens (tertiary/aromatic N) is 3. The number of rotatable bonds is 8. The van der Waals surface area contributed by atoms with Crippen LogP contribution in [0.15, 0.2) is 12.4 Å². The van der Waals surface area contributed by atoms with Crippen LogP contribution < -0.4 is 5.32 Å². The Labute approximate surface area is 118 Å². The van der Waals surface area contributed by atoms with Crippen molar-refractivity contribution in [2.75, 3.05) is 19.6 Å². The first kappa shape index (κ1) is 16.2. The van der Waals surface area contributed by atoms with Gasteiger partial charge in [-0.2, -0.15) is 5.10 Å². The van der Waals surface area contributed by atoms with E-state index in [9.17, 15) is 0 Å². The van der Waals surface area contributed by atoms with Crippen molar-refractivity contribution in [1.29, 1.82) is 0 Å². The average Bonchev–Trinajstić information content (AvgIpc) is 2.75. The molecule has 0 aliphatic carbocycles. The summed E-state index contributed by atoms with van der Waals surface area (Å²) in [5.41, 5.74) is 1.43. The molecule has 1 heterocycles. The summed E-state index contributed by atoms with van der Waals surface area (Å²) in [6.45, 7) is 14.5. The normalized spacial score (nSPS) is 14.1. The molecule has 4 nitrogen and oxygen atoms in total. The zero-order chi connectivity index (χ0) is 14.5. The highest BCUT2D eigenvalue weighted by Gasteiger charge is 2.33. The molecule has 0 saturated heterocycles. The van der Waals surface area contributed by atoms with E-state index in [1.54, 1.807) is 0 Å². The molecule has 1 unspecified atom stereocenters. The van der Waals surface area contributed by atoms with Crippen molar-refractivity contribution in [2.45, 2.75) is 52.6 Å². The van der Waals surface area contributed by atoms with Crippen molar-refractivity contribution >= 4 is 0 Å². The van der Waals surface area contributed by atoms with Gasteiger partial charge >= 0.3 is 0 Å². The van der Waals surface area contributed by atoms with E-state index >= 15 is 0 Å². The lowest BCUT2D eigenvalue weighted by molar-refractivity contribution is 0.0918. The Bertz CT molecular complexity index is 366. The molecule has 1 atom stereocenters. The third-order valence-electron chi connectivity index (χ3n) is 4.08. The fourth-order valence-corrected chi connectivity index (χ4v) is 2.89. The maximum Gasteiger partial charge on any atom is 0.0522 e. The molecule has 0 amide bonds. The summed E-state index contributed by atoms with van der Waals surface area (Å²) < 4.78 is 1.88. The summed E-state index contributed by atoms with van der Waals surface area (Å²) in [6.07, 6.45) is 5.11. The van der Waals surface area contributed by atoms with Crippen LogP contribution >= 0.6 is 0 Å². The van der Waals surface area contributed by atoms with E-state index in [0.717, 1.165) is 26.1 Å². The second-order valence-electron chi connectivity index (χ2n) is 5.66. The topological polar surface area (TPSA) is 33.1 Å². The molecular weight excluding hydrogens is 236 g/mol. The summed E-state index contributed by atoms with van der Waals surface area (Å²) in [5, 5.41) is 7.92. The van der Waals surface area contributed by atoms with Crippen LogP contribution in [-0.2, 0) is 13.5 Å². The van der Waals surface area contributed by atoms with Crippen LogP contribution in [0.5, 0.6) is 0 Å². The van der Waals surface area contributed by atoms with Crippen molar-refractivity contribution in [3.05, 3.63) is 18.0 Å². The van der Waals surface area contributed by atoms with Gasteiger partial charge in [0.25, 0.3) is 0 Å². The van der Waals surface area contributed by atoms with E-state index in [0.29, 0.717) is 6.04 Å². The van der Waals surface area contributed by atoms with Gasteiger partial charge in [0.05, 0.1) is 6.20 Å². The lowest BCUT2D eigenvalue weighted by Crippen LogP contribution is -2.58. The molecule has 4 heteroatoms. The first-order chi connectivity index (χ1) is 8.95. The Hall–Kier alpha value is -0.870. The van der Waals surface area contributed by atoms with Gasteiger partial charge in [0.15, 0.2) is 0 Å². The smallest absolute Gasteiger partial charge is 0.0522 e. The van der Waals surface area contributed by atoms with E-state index in [1.807, 2.05) is 17.9 Å². The minimum atomic E-state index is 0.134. The Kier molecular flexibility index (Phi) is 6.01. The van der Waals surface area contributed by atoms with Crippen molar-refractivity contribution in [3.8, 4) is 0 Å². The molecule has 19 heavy (non-hydrogen) atoms. The zero-order valence-electron chi connectivity index (χ0n) is 13.4. The SMILES string of the molecule is CCNC(Cc1cnn(C)c1)C(C)(C)N(CC)CC. The monoisotopic (exact) mass is 266 g/mol. The molecule has 1 aromatic rings. The van der Waals surface area contributed by atoms with Crippen LogP contribution in [0, 0.1) is 0 Å². The number of likely N-dealkylation sites (N-methyl/N-ethyl adjacent to an activating group) is 2. The standard InChI is InChI=1S/C15H30N4/c1-7-16-14(10-13-11-17-18(6)12-13)15(4,5)19(8-2)9-3/h11-12,14,16H,7-10H2,1-6H3. The molecule has 1 N–H and O–H groups in total. The van der Waals surface area contributed by atoms with Crippen LogP contribution in [0.25, 0.3) is 0 Å². The van der Waals surface area contributed by atoms with Crippen molar-refractivity contribution in [2.24, 2.45) is 7.05 Å². The van der Waals surface area contributed by atoms with E-state index in [-0.39, 0.29) is 5.54 Å². The molecule has 110 valence electrons. The number of hydrogen-bond donors (Lipinski definition) is 1. The predicted octanol–water partition coefficient (Wildman–Crippen LogP) is 2.06. The lowest BCUT2D eigenvalue weighted by Gasteiger charge is -2.44. The van der Waals surface area contributed by atoms with Crippen LogP contribution in [0.2, 0.25) is 0 Å². The van der Waals surface area contributed by atoms with Gasteiger partial charge in [0.2, 0.25) is 0 Å². The summed E-state index contributed by atoms with van der Waals surface area (Å²) in [4.78, 5) is 2.52. The summed E-state index contributed by atoms with van der Waals surface area (Å²) in [7, 11) is 1.97. The summed E-state index contributed by atoms with van der Waals surface area (Å²) >= 11 is 0. The highest BCUT2D eigenvalue weighted by Crippen LogP contribution is 2.22. The first-order valence-electron chi connectivity index (χ1n) is 7.41. The quantitative estimate of drug-likeness (QED) is 0.782. The van der Waals surface area contributed by atoms with Crippen LogP contribution in [0.3, 0.4) is 0 Å². The molecule has 0 spiro atoms. The molecule has 0 fully saturated rings. The molecule has 0 aliphatic rings. The largest absolute Gasteiger partial charge is 0.312 e. The van der Waals surface area contributed by atoms with Crippen molar-refractivity contribution in [1.82, 2.24) is 20.0 Å². The highest BCUT2D eigenvalue weighted by atomic mass is 15.2. The summed E-state index contributed by atoms with van der Waals surface area (Å²) in [6, 6.07) is 0.432. The van der Waals surface area contributed by atoms with Crippen molar-refractivity contribution < 1.29 is 0 Å². The van der Waals surface area contributed by atoms with Gasteiger partial charge < -0.3 is 5.32 Å². The van der Waals surface area contributed by atoms with Gasteiger partial charge in [-0.25, -0.2) is 0 Å². The number of aryl methyl sites for hydroxylation is 1. The lowest BCUT2D eigenvalue weighted by atomic mass is 9.88. The zero-order valence-corrected chi connectivity index (χ0v) is 13.4. The number of nitrogens with one attached hydrogen (secondary N) is 1. The Morgan fingerprint density at radius 3 is 2.37 bits per heavy atom. The van der Waals surface area contributed by atoms with Gasteiger partial charge in [-0.05, 0) is 45.5 Å². The Morgan fingerprint density at radius 2 is 1.95 bits per heavy atom. The number of aromatic nitrogens is 2. The van der Waals surface area contributed by atoms with Crippen molar-refractivity contribution in [3.63, 3.8) is 0 Å². The molecule has 0 aliphatic heterocycles. The second-order valence-corrected chi connectivity index (χ2v) is 5.66. The maximum atomic E-state index is 4.27. The van der Waals surface area contributed by atoms with Crippen LogP contribution in [-0.4, -0.2) is 45.9 Å². The minimum Gasteiger partial charge on any atom is -0.312 e. The van der Waals surface area contributed by atoms with Gasteiger partial charge in [-0.1, -0.05) is 20.8 Å². The molecule has 0 radical (unpaired) electrons. The highest BCUT2D eigenvalue weighted by molar-refractivity contribution is 5.09. The number of hydrogen-bond acceptors (Lipinski definition) is 3. The minimum absolute atomic E-state index is 0.134. The third-order valence-corrected chi connectivity index (χ3v) is 4.08. The molecular formula is C15H30N4. The van der Waals surface area contributed by atoms with E-state index in [2.05, 4.69) is 56.1 Å². The Morgan fingerprint density at radius 1 is 1.32 bits per heavy atom. The molecule has 0 bridgehead atoms. The first-order valence-corrected chi connectivity index (χ1v) is 7.41. The van der Waals surface area contributed by atoms with Crippen LogP contribution in [0.4, 0.5) is 0 Å². The summed E-state index contributed by atoms with van der Waals surface area (Å²) in [5.74, 6) is 0. The van der Waals surface area contributed by atoms with E-state index < -0.39 is 0 Å². The molecule has 0 aromatic carbocycles. The van der Waals surface area contributed by atoms with Gasteiger partial charge in [0.1, 0.15) is 0 Å². The van der Waals surface area contributed by atoms with Gasteiger partial charge in [-0.3, -0.25) is 9.58 Å². The van der Waals surface area contributed by atoms with Gasteiger partial charge in [-0.15, -0.1) is 0 Å². The third kappa shape index (κ3) is 4.05. The average molecular weight is 266 g/mol. The van der Waals surface area contributed by atoms with E-state index in [4.69, 9.17) is 0 Å². The fourth-order valence-electron chi connectivity index (χ4n) is 2.89. The second kappa shape index (κ2) is 7.06. The van der Waals surface area contributed by atoms with Gasteiger partial charge in [0, 0.05) is 24.8 Å². The molecule has 0 saturated carbocycles. The molecule has 1 rings (SSSR count). The molecule has 1 aromatic heterocycles. The van der Waals surface area contributed by atoms with Crippen LogP contribution in [0.1, 0.15) is 40.2 Å². The fraction of sp³-hybridized carbons (Fsp3) is 0.800. The maximum absolute atomic E-state index is 4.27. The predicted molar refractivity (Wildman–Crippen MR) is 81.4 cm³/mol. The Balaban J connectivity index is 2.86. The van der Waals surface area contributed by atoms with E-state index in [1.165, 1.54) is 5.56 Å².